The highest BCUT2D eigenvalue weighted by atomic mass is 79.9. The largest absolute Gasteiger partial charge is 0.462 e. The summed E-state index contributed by atoms with van der Waals surface area (Å²) in [5, 5.41) is 0. The molecule has 0 amide bonds. The maximum atomic E-state index is 11.8. The summed E-state index contributed by atoms with van der Waals surface area (Å²) in [6.45, 7) is 3.25. The van der Waals surface area contributed by atoms with Gasteiger partial charge in [-0.1, -0.05) is 0 Å². The molecule has 1 aliphatic heterocycles. The molecule has 0 atom stereocenters. The van der Waals surface area contributed by atoms with Crippen LogP contribution in [0.15, 0.2) is 21.1 Å². The molecule has 1 fully saturated rings. The van der Waals surface area contributed by atoms with Gasteiger partial charge in [0.25, 0.3) is 0 Å². The lowest BCUT2D eigenvalue weighted by Crippen LogP contribution is -2.20. The van der Waals surface area contributed by atoms with Gasteiger partial charge < -0.3 is 9.64 Å². The molecule has 0 bridgehead atoms. The van der Waals surface area contributed by atoms with E-state index in [9.17, 15) is 9.59 Å². The standard InChI is InChI=1S/C13H13Br2NO3/c1-2-19-13(18)12-10(14)5-8(6-11(12)15)16-4-3-9(17)7-16/h5-6H,2-4,7H2,1H3. The number of nitrogens with zero attached hydrogens (tertiary/aromatic N) is 1. The van der Waals surface area contributed by atoms with E-state index >= 15 is 0 Å². The fraction of sp³-hybridized carbons (Fsp3) is 0.385. The summed E-state index contributed by atoms with van der Waals surface area (Å²) in [7, 11) is 0. The van der Waals surface area contributed by atoms with Crippen LogP contribution in [0.25, 0.3) is 0 Å². The van der Waals surface area contributed by atoms with Crippen molar-refractivity contribution in [2.24, 2.45) is 0 Å². The SMILES string of the molecule is CCOC(=O)c1c(Br)cc(N2CCC(=O)C2)cc1Br. The Morgan fingerprint density at radius 1 is 1.37 bits per heavy atom. The molecule has 4 nitrogen and oxygen atoms in total. The highest BCUT2D eigenvalue weighted by Gasteiger charge is 2.23. The molecule has 6 heteroatoms. The van der Waals surface area contributed by atoms with E-state index in [4.69, 9.17) is 4.74 Å². The van der Waals surface area contributed by atoms with Gasteiger partial charge in [0.05, 0.1) is 18.7 Å². The van der Waals surface area contributed by atoms with Gasteiger partial charge in [0.1, 0.15) is 0 Å². The van der Waals surface area contributed by atoms with E-state index in [1.54, 1.807) is 6.92 Å². The number of ketones is 1. The smallest absolute Gasteiger partial charge is 0.340 e. The third-order valence-electron chi connectivity index (χ3n) is 2.90. The van der Waals surface area contributed by atoms with Crippen LogP contribution in [0.2, 0.25) is 0 Å². The third kappa shape index (κ3) is 3.17. The number of esters is 1. The second-order valence-corrected chi connectivity index (χ2v) is 5.92. The first-order valence-electron chi connectivity index (χ1n) is 5.95. The van der Waals surface area contributed by atoms with Crippen molar-refractivity contribution >= 4 is 49.3 Å². The predicted molar refractivity (Wildman–Crippen MR) is 79.6 cm³/mol. The highest BCUT2D eigenvalue weighted by molar-refractivity contribution is 9.11. The molecule has 2 rings (SSSR count). The van der Waals surface area contributed by atoms with Gasteiger partial charge in [0, 0.05) is 27.6 Å². The van der Waals surface area contributed by atoms with E-state index < -0.39 is 0 Å². The fourth-order valence-corrected chi connectivity index (χ4v) is 3.48. The Kier molecular flexibility index (Phi) is 4.62. The first kappa shape index (κ1) is 14.5. The topological polar surface area (TPSA) is 46.6 Å². The van der Waals surface area contributed by atoms with Crippen molar-refractivity contribution in [3.8, 4) is 0 Å². The molecule has 1 saturated heterocycles. The maximum Gasteiger partial charge on any atom is 0.340 e. The summed E-state index contributed by atoms with van der Waals surface area (Å²) in [5.74, 6) is -0.132. The van der Waals surface area contributed by atoms with Gasteiger partial charge in [0.2, 0.25) is 0 Å². The predicted octanol–water partition coefficient (Wildman–Crippen LogP) is 3.17. The maximum absolute atomic E-state index is 11.8. The van der Waals surface area contributed by atoms with Gasteiger partial charge in [-0.25, -0.2) is 4.79 Å². The minimum absolute atomic E-state index is 0.238. The van der Waals surface area contributed by atoms with Gasteiger partial charge in [0.15, 0.2) is 5.78 Å². The Hall–Kier alpha value is -0.880. The van der Waals surface area contributed by atoms with Crippen molar-refractivity contribution in [1.82, 2.24) is 0 Å². The summed E-state index contributed by atoms with van der Waals surface area (Å²) in [5.41, 5.74) is 1.38. The van der Waals surface area contributed by atoms with Gasteiger partial charge in [-0.2, -0.15) is 0 Å². The third-order valence-corrected chi connectivity index (χ3v) is 4.15. The van der Waals surface area contributed by atoms with E-state index in [0.717, 1.165) is 12.2 Å². The second kappa shape index (κ2) is 6.05. The van der Waals surface area contributed by atoms with Crippen LogP contribution in [0.4, 0.5) is 5.69 Å². The molecule has 1 heterocycles. The summed E-state index contributed by atoms with van der Waals surface area (Å²) in [4.78, 5) is 25.1. The molecule has 0 saturated carbocycles. The number of halogens is 2. The van der Waals surface area contributed by atoms with Crippen molar-refractivity contribution in [2.45, 2.75) is 13.3 Å². The van der Waals surface area contributed by atoms with Crippen molar-refractivity contribution in [1.29, 1.82) is 0 Å². The number of ether oxygens (including phenoxy) is 1. The zero-order chi connectivity index (χ0) is 14.0. The van der Waals surface area contributed by atoms with Crippen molar-refractivity contribution in [2.75, 3.05) is 24.6 Å². The number of anilines is 1. The molecule has 0 N–H and O–H groups in total. The van der Waals surface area contributed by atoms with Crippen LogP contribution in [0.1, 0.15) is 23.7 Å². The van der Waals surface area contributed by atoms with Crippen LogP contribution < -0.4 is 4.90 Å². The normalized spacial score (nSPS) is 14.9. The summed E-state index contributed by atoms with van der Waals surface area (Å²) in [6.07, 6.45) is 0.578. The van der Waals surface area contributed by atoms with Gasteiger partial charge in [-0.05, 0) is 50.9 Å². The van der Waals surface area contributed by atoms with Crippen molar-refractivity contribution in [3.63, 3.8) is 0 Å². The van der Waals surface area contributed by atoms with Crippen molar-refractivity contribution < 1.29 is 14.3 Å². The molecule has 0 radical (unpaired) electrons. The molecule has 1 aromatic carbocycles. The van der Waals surface area contributed by atoms with E-state index in [-0.39, 0.29) is 11.8 Å². The molecule has 19 heavy (non-hydrogen) atoms. The van der Waals surface area contributed by atoms with E-state index in [2.05, 4.69) is 31.9 Å². The Labute approximate surface area is 128 Å². The van der Waals surface area contributed by atoms with Crippen LogP contribution in [0.3, 0.4) is 0 Å². The monoisotopic (exact) mass is 389 g/mol. The number of carbonyl (C=O) groups is 2. The molecule has 1 aromatic rings. The van der Waals surface area contributed by atoms with Crippen molar-refractivity contribution in [3.05, 3.63) is 26.6 Å². The average molecular weight is 391 g/mol. The van der Waals surface area contributed by atoms with Crippen LogP contribution in [-0.4, -0.2) is 31.4 Å². The minimum Gasteiger partial charge on any atom is -0.462 e. The molecule has 0 unspecified atom stereocenters. The quantitative estimate of drug-likeness (QED) is 0.743. The first-order valence-corrected chi connectivity index (χ1v) is 7.54. The lowest BCUT2D eigenvalue weighted by Gasteiger charge is -2.18. The van der Waals surface area contributed by atoms with Gasteiger partial charge in [-0.15, -0.1) is 0 Å². The zero-order valence-electron chi connectivity index (χ0n) is 10.4. The molecule has 1 aliphatic rings. The molecular formula is C13H13Br2NO3. The van der Waals surface area contributed by atoms with E-state index in [0.29, 0.717) is 34.1 Å². The second-order valence-electron chi connectivity index (χ2n) is 4.22. The molecule has 0 aliphatic carbocycles. The number of carbonyl (C=O) groups excluding carboxylic acids is 2. The molecular weight excluding hydrogens is 378 g/mol. The van der Waals surface area contributed by atoms with Gasteiger partial charge in [-0.3, -0.25) is 4.79 Å². The molecule has 0 spiro atoms. The highest BCUT2D eigenvalue weighted by Crippen LogP contribution is 2.33. The number of hydrogen-bond acceptors (Lipinski definition) is 4. The average Bonchev–Trinajstić information content (AvgIpc) is 2.75. The van der Waals surface area contributed by atoms with E-state index in [1.807, 2.05) is 17.0 Å². The van der Waals surface area contributed by atoms with E-state index in [1.165, 1.54) is 0 Å². The Morgan fingerprint density at radius 2 is 2.00 bits per heavy atom. The minimum atomic E-state index is -0.370. The Balaban J connectivity index is 2.31. The molecule has 0 aromatic heterocycles. The van der Waals surface area contributed by atoms with Crippen LogP contribution >= 0.6 is 31.9 Å². The number of rotatable bonds is 3. The van der Waals surface area contributed by atoms with Gasteiger partial charge >= 0.3 is 5.97 Å². The summed E-state index contributed by atoms with van der Waals surface area (Å²) < 4.78 is 6.33. The lowest BCUT2D eigenvalue weighted by molar-refractivity contribution is -0.116. The zero-order valence-corrected chi connectivity index (χ0v) is 13.6. The first-order chi connectivity index (χ1) is 9.02. The number of benzene rings is 1. The molecule has 102 valence electrons. The lowest BCUT2D eigenvalue weighted by atomic mass is 10.2. The van der Waals surface area contributed by atoms with Crippen LogP contribution in [0, 0.1) is 0 Å². The number of hydrogen-bond donors (Lipinski definition) is 0. The van der Waals surface area contributed by atoms with Crippen LogP contribution in [0.5, 0.6) is 0 Å². The Morgan fingerprint density at radius 3 is 2.47 bits per heavy atom. The van der Waals surface area contributed by atoms with Crippen LogP contribution in [-0.2, 0) is 9.53 Å². The summed E-state index contributed by atoms with van der Waals surface area (Å²) in [6, 6.07) is 3.69. The summed E-state index contributed by atoms with van der Waals surface area (Å²) >= 11 is 6.78. The Bertz CT molecular complexity index is 508. The fourth-order valence-electron chi connectivity index (χ4n) is 1.99. The number of Topliss-reactive ketones (excluding diaryl/α,β-unsaturated/α-hetero) is 1.